The molecule has 1 saturated carbocycles. The van der Waals surface area contributed by atoms with Crippen molar-refractivity contribution in [1.82, 2.24) is 28.8 Å². The molecule has 198 valence electrons. The molecule has 1 aliphatic carbocycles. The summed E-state index contributed by atoms with van der Waals surface area (Å²) in [6.07, 6.45) is 5.53. The highest BCUT2D eigenvalue weighted by Gasteiger charge is 2.48. The van der Waals surface area contributed by atoms with Gasteiger partial charge in [-0.05, 0) is 70.8 Å². The van der Waals surface area contributed by atoms with Crippen molar-refractivity contribution in [2.24, 2.45) is 0 Å². The van der Waals surface area contributed by atoms with Crippen molar-refractivity contribution in [3.63, 3.8) is 0 Å². The summed E-state index contributed by atoms with van der Waals surface area (Å²) in [6.45, 7) is 9.34. The fourth-order valence-electron chi connectivity index (χ4n) is 5.80. The maximum absolute atomic E-state index is 14.7. The van der Waals surface area contributed by atoms with Crippen molar-refractivity contribution in [3.8, 4) is 5.69 Å². The number of rotatable bonds is 5. The molecule has 0 bridgehead atoms. The molecule has 6 rings (SSSR count). The number of aromatic nitrogens is 5. The highest BCUT2D eigenvalue weighted by atomic mass is 19.1. The fraction of sp³-hybridized carbons (Fsp3) is 0.429. The zero-order valence-electron chi connectivity index (χ0n) is 22.3. The van der Waals surface area contributed by atoms with Crippen LogP contribution >= 0.6 is 0 Å². The highest BCUT2D eigenvalue weighted by molar-refractivity contribution is 5.77. The SMILES string of the molecule is CC(C)n1cc(-n2c3nc(Nc4ccc5c(c4)CN(C)CC54CC4)ncc3c(=O)n2C(C)C)cc(F)c1=O. The van der Waals surface area contributed by atoms with E-state index in [9.17, 15) is 14.0 Å². The van der Waals surface area contributed by atoms with Gasteiger partial charge in [0.2, 0.25) is 5.95 Å². The number of fused-ring (bicyclic) bond motifs is 3. The third kappa shape index (κ3) is 3.86. The Balaban J connectivity index is 1.46. The smallest absolute Gasteiger partial charge is 0.286 e. The molecule has 4 heterocycles. The lowest BCUT2D eigenvalue weighted by atomic mass is 9.87. The predicted molar refractivity (Wildman–Crippen MR) is 145 cm³/mol. The minimum Gasteiger partial charge on any atom is -0.324 e. The molecule has 10 heteroatoms. The monoisotopic (exact) mass is 517 g/mol. The second-order valence-electron chi connectivity index (χ2n) is 11.3. The van der Waals surface area contributed by atoms with Gasteiger partial charge in [-0.15, -0.1) is 0 Å². The summed E-state index contributed by atoms with van der Waals surface area (Å²) in [5.41, 5.74) is 3.59. The van der Waals surface area contributed by atoms with Crippen molar-refractivity contribution in [1.29, 1.82) is 0 Å². The molecule has 4 aromatic rings. The van der Waals surface area contributed by atoms with Crippen LogP contribution in [0.4, 0.5) is 16.0 Å². The Bertz CT molecular complexity index is 1690. The van der Waals surface area contributed by atoms with E-state index in [1.165, 1.54) is 39.4 Å². The maximum atomic E-state index is 14.7. The Morgan fingerprint density at radius 3 is 2.50 bits per heavy atom. The first-order chi connectivity index (χ1) is 18.1. The molecular formula is C28H32FN7O2. The topological polar surface area (TPSA) is 90.0 Å². The molecule has 2 aliphatic rings. The normalized spacial score (nSPS) is 16.5. The third-order valence-electron chi connectivity index (χ3n) is 7.70. The molecule has 1 aromatic carbocycles. The average molecular weight is 518 g/mol. The highest BCUT2D eigenvalue weighted by Crippen LogP contribution is 2.52. The summed E-state index contributed by atoms with van der Waals surface area (Å²) in [6, 6.07) is 7.06. The van der Waals surface area contributed by atoms with Gasteiger partial charge >= 0.3 is 0 Å². The number of hydrogen-bond donors (Lipinski definition) is 1. The molecule has 9 nitrogen and oxygen atoms in total. The molecular weight excluding hydrogens is 485 g/mol. The largest absolute Gasteiger partial charge is 0.324 e. The van der Waals surface area contributed by atoms with Crippen LogP contribution in [0.25, 0.3) is 16.7 Å². The number of nitrogens with one attached hydrogen (secondary N) is 1. The molecule has 0 amide bonds. The van der Waals surface area contributed by atoms with E-state index >= 15 is 0 Å². The van der Waals surface area contributed by atoms with Crippen LogP contribution in [0, 0.1) is 5.82 Å². The van der Waals surface area contributed by atoms with Crippen LogP contribution in [0.2, 0.25) is 0 Å². The molecule has 1 fully saturated rings. The van der Waals surface area contributed by atoms with E-state index in [4.69, 9.17) is 4.98 Å². The Kier molecular flexibility index (Phi) is 5.57. The summed E-state index contributed by atoms with van der Waals surface area (Å²) in [4.78, 5) is 37.2. The number of hydrogen-bond acceptors (Lipinski definition) is 6. The zero-order valence-corrected chi connectivity index (χ0v) is 22.3. The van der Waals surface area contributed by atoms with Gasteiger partial charge in [0.05, 0.1) is 5.69 Å². The van der Waals surface area contributed by atoms with E-state index in [0.29, 0.717) is 28.1 Å². The van der Waals surface area contributed by atoms with Crippen LogP contribution in [-0.4, -0.2) is 42.4 Å². The molecule has 3 aromatic heterocycles. The van der Waals surface area contributed by atoms with Crippen LogP contribution in [-0.2, 0) is 12.0 Å². The number of anilines is 2. The predicted octanol–water partition coefficient (Wildman–Crippen LogP) is 4.27. The fourth-order valence-corrected chi connectivity index (χ4v) is 5.80. The summed E-state index contributed by atoms with van der Waals surface area (Å²) in [7, 11) is 2.16. The molecule has 1 aliphatic heterocycles. The number of nitrogens with zero attached hydrogens (tertiary/aromatic N) is 6. The van der Waals surface area contributed by atoms with E-state index in [0.717, 1.165) is 24.8 Å². The van der Waals surface area contributed by atoms with E-state index < -0.39 is 11.4 Å². The van der Waals surface area contributed by atoms with Crippen molar-refractivity contribution < 1.29 is 4.39 Å². The van der Waals surface area contributed by atoms with Crippen molar-refractivity contribution in [2.45, 2.75) is 64.6 Å². The second kappa shape index (κ2) is 8.62. The van der Waals surface area contributed by atoms with Gasteiger partial charge in [0, 0.05) is 54.7 Å². The molecule has 1 N–H and O–H groups in total. The molecule has 1 spiro atoms. The first-order valence-corrected chi connectivity index (χ1v) is 13.1. The summed E-state index contributed by atoms with van der Waals surface area (Å²) >= 11 is 0. The van der Waals surface area contributed by atoms with Gasteiger partial charge in [0.15, 0.2) is 11.5 Å². The quantitative estimate of drug-likeness (QED) is 0.425. The van der Waals surface area contributed by atoms with Gasteiger partial charge in [0.25, 0.3) is 11.1 Å². The van der Waals surface area contributed by atoms with Gasteiger partial charge in [-0.1, -0.05) is 6.07 Å². The Hall–Kier alpha value is -3.79. The first-order valence-electron chi connectivity index (χ1n) is 13.1. The first kappa shape index (κ1) is 24.5. The molecule has 0 saturated heterocycles. The Labute approximate surface area is 219 Å². The summed E-state index contributed by atoms with van der Waals surface area (Å²) < 4.78 is 19.1. The van der Waals surface area contributed by atoms with Gasteiger partial charge in [-0.25, -0.2) is 18.7 Å². The van der Waals surface area contributed by atoms with E-state index in [1.807, 2.05) is 13.8 Å². The lowest BCUT2D eigenvalue weighted by Crippen LogP contribution is -2.35. The minimum absolute atomic E-state index is 0.247. The number of benzene rings is 1. The lowest BCUT2D eigenvalue weighted by Gasteiger charge is -2.32. The van der Waals surface area contributed by atoms with Gasteiger partial charge in [-0.3, -0.25) is 9.59 Å². The second-order valence-corrected chi connectivity index (χ2v) is 11.3. The van der Waals surface area contributed by atoms with Gasteiger partial charge < -0.3 is 14.8 Å². The van der Waals surface area contributed by atoms with Crippen LogP contribution < -0.4 is 16.4 Å². The zero-order chi connectivity index (χ0) is 26.9. The molecule has 0 radical (unpaired) electrons. The molecule has 38 heavy (non-hydrogen) atoms. The third-order valence-corrected chi connectivity index (χ3v) is 7.70. The van der Waals surface area contributed by atoms with E-state index in [1.54, 1.807) is 24.7 Å². The maximum Gasteiger partial charge on any atom is 0.286 e. The minimum atomic E-state index is -0.888. The van der Waals surface area contributed by atoms with E-state index in [2.05, 4.69) is 40.4 Å². The van der Waals surface area contributed by atoms with Crippen molar-refractivity contribution in [3.05, 3.63) is 74.3 Å². The number of likely N-dealkylation sites (N-methyl/N-ethyl adjacent to an activating group) is 1. The van der Waals surface area contributed by atoms with Crippen LogP contribution in [0.5, 0.6) is 0 Å². The Morgan fingerprint density at radius 1 is 1.05 bits per heavy atom. The van der Waals surface area contributed by atoms with Crippen LogP contribution in [0.15, 0.2) is 46.2 Å². The number of halogens is 1. The molecule has 0 atom stereocenters. The van der Waals surface area contributed by atoms with Crippen LogP contribution in [0.3, 0.4) is 0 Å². The lowest BCUT2D eigenvalue weighted by molar-refractivity contribution is 0.271. The van der Waals surface area contributed by atoms with E-state index in [-0.39, 0.29) is 17.6 Å². The summed E-state index contributed by atoms with van der Waals surface area (Å²) in [5, 5.41) is 3.62. The number of pyridine rings is 1. The molecule has 0 unspecified atom stereocenters. The Morgan fingerprint density at radius 2 is 1.82 bits per heavy atom. The summed E-state index contributed by atoms with van der Waals surface area (Å²) in [5.74, 6) is -0.560. The average Bonchev–Trinajstić information content (AvgIpc) is 3.55. The van der Waals surface area contributed by atoms with Crippen molar-refractivity contribution in [2.75, 3.05) is 18.9 Å². The van der Waals surface area contributed by atoms with Crippen LogP contribution in [0.1, 0.15) is 63.7 Å². The standard InChI is InChI=1S/C28H32FN7O2/c1-16(2)34-14-20(11-23(29)26(34)38)36-24-21(25(37)35(36)17(3)4)12-30-27(32-24)31-19-6-7-22-18(10-19)13-33(5)15-28(22)8-9-28/h6-7,10-12,14,16-17H,8-9,13,15H2,1-5H3,(H,30,31,32). The van der Waals surface area contributed by atoms with Gasteiger partial charge in [0.1, 0.15) is 5.39 Å². The van der Waals surface area contributed by atoms with Crippen molar-refractivity contribution >= 4 is 22.7 Å². The van der Waals surface area contributed by atoms with Gasteiger partial charge in [-0.2, -0.15) is 4.98 Å².